The summed E-state index contributed by atoms with van der Waals surface area (Å²) in [4.78, 5) is 30.8. The Morgan fingerprint density at radius 3 is 2.58 bits per heavy atom. The van der Waals surface area contributed by atoms with Crippen LogP contribution >= 0.6 is 23.5 Å². The fourth-order valence-corrected chi connectivity index (χ4v) is 6.92. The number of nitrogens with zero attached hydrogens (tertiary/aromatic N) is 2. The van der Waals surface area contributed by atoms with Crippen LogP contribution in [0.4, 0.5) is 0 Å². The third-order valence-electron chi connectivity index (χ3n) is 6.23. The predicted molar refractivity (Wildman–Crippen MR) is 161 cm³/mol. The van der Waals surface area contributed by atoms with Gasteiger partial charge in [0.1, 0.15) is 18.4 Å². The summed E-state index contributed by atoms with van der Waals surface area (Å²) in [5.74, 6) is 1.33. The minimum Gasteiger partial charge on any atom is -0.487 e. The van der Waals surface area contributed by atoms with Crippen LogP contribution in [0, 0.1) is 0 Å². The SMILES string of the molecule is CSCC[C@H](NC(=O)c1ccc(COc2cccnc2)cc1-c1ccccc1)C(=O)NS(=O)(=O)N1CCSCC1. The molecule has 2 heterocycles. The Balaban J connectivity index is 1.54. The zero-order chi connectivity index (χ0) is 28.4. The highest BCUT2D eigenvalue weighted by Crippen LogP contribution is 2.26. The van der Waals surface area contributed by atoms with Crippen molar-refractivity contribution in [2.45, 2.75) is 19.1 Å². The highest BCUT2D eigenvalue weighted by atomic mass is 32.2. The zero-order valence-corrected chi connectivity index (χ0v) is 24.6. The van der Waals surface area contributed by atoms with E-state index in [1.165, 1.54) is 16.1 Å². The van der Waals surface area contributed by atoms with Crippen molar-refractivity contribution in [1.29, 1.82) is 0 Å². The smallest absolute Gasteiger partial charge is 0.303 e. The Kier molecular flexibility index (Phi) is 10.9. The molecule has 0 saturated carbocycles. The lowest BCUT2D eigenvalue weighted by molar-refractivity contribution is -0.121. The van der Waals surface area contributed by atoms with Crippen LogP contribution in [0.15, 0.2) is 73.1 Å². The minimum absolute atomic E-state index is 0.277. The summed E-state index contributed by atoms with van der Waals surface area (Å²) in [6.45, 7) is 0.956. The van der Waals surface area contributed by atoms with Crippen LogP contribution in [0.2, 0.25) is 0 Å². The van der Waals surface area contributed by atoms with Gasteiger partial charge in [-0.3, -0.25) is 14.6 Å². The van der Waals surface area contributed by atoms with Gasteiger partial charge in [-0.15, -0.1) is 0 Å². The molecule has 1 aliphatic rings. The number of hydrogen-bond acceptors (Lipinski definition) is 8. The normalized spacial score (nSPS) is 14.7. The van der Waals surface area contributed by atoms with Crippen LogP contribution in [0.1, 0.15) is 22.3 Å². The van der Waals surface area contributed by atoms with Crippen LogP contribution in [0.5, 0.6) is 5.75 Å². The van der Waals surface area contributed by atoms with Crippen molar-refractivity contribution < 1.29 is 22.7 Å². The quantitative estimate of drug-likeness (QED) is 0.324. The minimum atomic E-state index is -4.00. The van der Waals surface area contributed by atoms with Crippen molar-refractivity contribution in [3.8, 4) is 16.9 Å². The standard InChI is InChI=1S/C28H32N4O5S3/c1-38-15-11-26(28(34)31-40(35,36)32-13-16-39-17-14-32)30-27(33)24-10-9-21(20-37-23-8-5-12-29-19-23)18-25(24)22-6-3-2-4-7-22/h2-10,12,18-19,26H,11,13-17,20H2,1H3,(H,30,33)(H,31,34)/t26-/m0/s1. The molecule has 9 nitrogen and oxygen atoms in total. The number of pyridine rings is 1. The molecule has 3 aromatic rings. The van der Waals surface area contributed by atoms with Crippen LogP contribution in [-0.4, -0.2) is 72.2 Å². The molecule has 2 amide bonds. The number of hydrogen-bond donors (Lipinski definition) is 2. The number of ether oxygens (including phenoxy) is 1. The Morgan fingerprint density at radius 1 is 1.10 bits per heavy atom. The first-order valence-electron chi connectivity index (χ1n) is 12.8. The number of carbonyl (C=O) groups excluding carboxylic acids is 2. The molecule has 1 saturated heterocycles. The summed E-state index contributed by atoms with van der Waals surface area (Å²) in [7, 11) is -4.00. The van der Waals surface area contributed by atoms with Gasteiger partial charge in [-0.05, 0) is 59.4 Å². The van der Waals surface area contributed by atoms with E-state index in [4.69, 9.17) is 4.74 Å². The van der Waals surface area contributed by atoms with E-state index in [1.807, 2.05) is 48.7 Å². The highest BCUT2D eigenvalue weighted by molar-refractivity contribution is 7.99. The van der Waals surface area contributed by atoms with Gasteiger partial charge in [0.05, 0.1) is 6.20 Å². The predicted octanol–water partition coefficient (Wildman–Crippen LogP) is 3.59. The maximum Gasteiger partial charge on any atom is 0.303 e. The molecule has 1 atom stereocenters. The Hall–Kier alpha value is -3.06. The Labute approximate surface area is 243 Å². The molecular weight excluding hydrogens is 569 g/mol. The average molecular weight is 601 g/mol. The molecule has 0 bridgehead atoms. The molecule has 2 N–H and O–H groups in total. The summed E-state index contributed by atoms with van der Waals surface area (Å²) < 4.78 is 34.9. The lowest BCUT2D eigenvalue weighted by atomic mass is 9.96. The van der Waals surface area contributed by atoms with E-state index >= 15 is 0 Å². The highest BCUT2D eigenvalue weighted by Gasteiger charge is 2.30. The number of benzene rings is 2. The Morgan fingerprint density at radius 2 is 1.88 bits per heavy atom. The van der Waals surface area contributed by atoms with Gasteiger partial charge in [0.2, 0.25) is 0 Å². The van der Waals surface area contributed by atoms with Crippen LogP contribution in [-0.2, 0) is 21.6 Å². The first kappa shape index (κ1) is 29.9. The number of amides is 2. The molecule has 1 aromatic heterocycles. The van der Waals surface area contributed by atoms with E-state index in [1.54, 1.807) is 42.4 Å². The molecule has 4 rings (SSSR count). The third-order valence-corrected chi connectivity index (χ3v) is 9.32. The molecular formula is C28H32N4O5S3. The monoisotopic (exact) mass is 600 g/mol. The summed E-state index contributed by atoms with van der Waals surface area (Å²) in [5, 5.41) is 2.79. The second kappa shape index (κ2) is 14.5. The second-order valence-corrected chi connectivity index (χ2v) is 12.9. The first-order valence-corrected chi connectivity index (χ1v) is 16.8. The van der Waals surface area contributed by atoms with Gasteiger partial charge >= 0.3 is 10.2 Å². The van der Waals surface area contributed by atoms with Gasteiger partial charge in [0.15, 0.2) is 0 Å². The molecule has 0 unspecified atom stereocenters. The summed E-state index contributed by atoms with van der Waals surface area (Å²) >= 11 is 3.18. The molecule has 12 heteroatoms. The van der Waals surface area contributed by atoms with E-state index in [2.05, 4.69) is 15.0 Å². The maximum absolute atomic E-state index is 13.6. The van der Waals surface area contributed by atoms with E-state index in [0.717, 1.165) is 11.1 Å². The van der Waals surface area contributed by atoms with Crippen molar-refractivity contribution in [2.75, 3.05) is 36.6 Å². The van der Waals surface area contributed by atoms with E-state index in [9.17, 15) is 18.0 Å². The summed E-state index contributed by atoms with van der Waals surface area (Å²) in [6, 6.07) is 17.4. The molecule has 0 radical (unpaired) electrons. The third kappa shape index (κ3) is 8.23. The zero-order valence-electron chi connectivity index (χ0n) is 22.1. The maximum atomic E-state index is 13.6. The van der Waals surface area contributed by atoms with Gasteiger partial charge < -0.3 is 10.1 Å². The van der Waals surface area contributed by atoms with Gasteiger partial charge in [0.25, 0.3) is 11.8 Å². The fourth-order valence-electron chi connectivity index (χ4n) is 4.13. The van der Waals surface area contributed by atoms with E-state index in [-0.39, 0.29) is 13.0 Å². The van der Waals surface area contributed by atoms with Gasteiger partial charge in [-0.1, -0.05) is 36.4 Å². The number of rotatable bonds is 12. The molecule has 2 aromatic carbocycles. The first-order chi connectivity index (χ1) is 19.4. The molecule has 0 spiro atoms. The van der Waals surface area contributed by atoms with Crippen LogP contribution in [0.3, 0.4) is 0 Å². The molecule has 212 valence electrons. The fraction of sp³-hybridized carbons (Fsp3) is 0.321. The number of nitrogens with one attached hydrogen (secondary N) is 2. The average Bonchev–Trinajstić information content (AvgIpc) is 2.99. The van der Waals surface area contributed by atoms with Crippen molar-refractivity contribution in [3.63, 3.8) is 0 Å². The topological polar surface area (TPSA) is 118 Å². The lowest BCUT2D eigenvalue weighted by Gasteiger charge is -2.27. The van der Waals surface area contributed by atoms with Crippen molar-refractivity contribution in [2.24, 2.45) is 0 Å². The largest absolute Gasteiger partial charge is 0.487 e. The number of carbonyl (C=O) groups is 2. The van der Waals surface area contributed by atoms with Gasteiger partial charge in [0, 0.05) is 36.4 Å². The molecule has 1 aliphatic heterocycles. The summed E-state index contributed by atoms with van der Waals surface area (Å²) in [5.41, 5.74) is 2.72. The lowest BCUT2D eigenvalue weighted by Crippen LogP contribution is -2.53. The molecule has 0 aliphatic carbocycles. The summed E-state index contributed by atoms with van der Waals surface area (Å²) in [6.07, 6.45) is 5.47. The van der Waals surface area contributed by atoms with Crippen LogP contribution < -0.4 is 14.8 Å². The van der Waals surface area contributed by atoms with Crippen molar-refractivity contribution in [1.82, 2.24) is 19.3 Å². The van der Waals surface area contributed by atoms with Crippen molar-refractivity contribution in [3.05, 3.63) is 84.2 Å². The van der Waals surface area contributed by atoms with E-state index < -0.39 is 28.1 Å². The molecule has 1 fully saturated rings. The van der Waals surface area contributed by atoms with Gasteiger partial charge in [-0.2, -0.15) is 36.2 Å². The number of aromatic nitrogens is 1. The number of thioether (sulfide) groups is 2. The van der Waals surface area contributed by atoms with Crippen LogP contribution in [0.25, 0.3) is 11.1 Å². The molecule has 40 heavy (non-hydrogen) atoms. The van der Waals surface area contributed by atoms with Crippen molar-refractivity contribution >= 4 is 45.5 Å². The van der Waals surface area contributed by atoms with E-state index in [0.29, 0.717) is 47.2 Å². The second-order valence-electron chi connectivity index (χ2n) is 9.01. The Bertz CT molecular complexity index is 1390. The van der Waals surface area contributed by atoms with Gasteiger partial charge in [-0.25, -0.2) is 4.72 Å².